The number of hydrogen-bond acceptors (Lipinski definition) is 1. The van der Waals surface area contributed by atoms with Crippen LogP contribution in [0.3, 0.4) is 0 Å². The summed E-state index contributed by atoms with van der Waals surface area (Å²) in [5, 5.41) is 3.44. The first kappa shape index (κ1) is 25.1. The second kappa shape index (κ2) is 14.6. The summed E-state index contributed by atoms with van der Waals surface area (Å²) in [6.07, 6.45) is 29.9. The lowest BCUT2D eigenvalue weighted by Crippen LogP contribution is -2.36. The lowest BCUT2D eigenvalue weighted by Gasteiger charge is -2.31. The zero-order chi connectivity index (χ0) is 21.7. The van der Waals surface area contributed by atoms with Gasteiger partial charge in [-0.05, 0) is 49.4 Å². The molecule has 180 valence electrons. The van der Waals surface area contributed by atoms with E-state index in [0.717, 1.165) is 24.2 Å². The molecule has 3 aliphatic rings. The zero-order valence-electron chi connectivity index (χ0n) is 20.9. The molecule has 0 heterocycles. The molecule has 3 aliphatic carbocycles. The van der Waals surface area contributed by atoms with Crippen LogP contribution in [0.2, 0.25) is 0 Å². The van der Waals surface area contributed by atoms with Gasteiger partial charge < -0.3 is 5.32 Å². The van der Waals surface area contributed by atoms with Crippen molar-refractivity contribution in [3.63, 3.8) is 0 Å². The summed E-state index contributed by atoms with van der Waals surface area (Å²) in [6, 6.07) is 0.451. The molecule has 0 atom stereocenters. The van der Waals surface area contributed by atoms with Crippen LogP contribution in [0.4, 0.5) is 0 Å². The molecule has 0 aliphatic heterocycles. The standard InChI is InChI=1S/C29H53NO/c1-2-24-13-11-21-28(22-12-14-24)30-29(31)23-25-15-9-19-27(20-10-16-25)26-17-7-5-3-4-6-8-18-26/h24-28H,2-23H2,1H3,(H,30,31). The van der Waals surface area contributed by atoms with Crippen LogP contribution in [0.5, 0.6) is 0 Å². The van der Waals surface area contributed by atoms with E-state index in [1.54, 1.807) is 0 Å². The van der Waals surface area contributed by atoms with Crippen molar-refractivity contribution in [3.05, 3.63) is 0 Å². The Labute approximate surface area is 194 Å². The van der Waals surface area contributed by atoms with Crippen molar-refractivity contribution in [3.8, 4) is 0 Å². The van der Waals surface area contributed by atoms with Crippen LogP contribution in [-0.2, 0) is 4.79 Å². The average molecular weight is 432 g/mol. The Morgan fingerprint density at radius 1 is 0.581 bits per heavy atom. The Hall–Kier alpha value is -0.530. The van der Waals surface area contributed by atoms with Crippen molar-refractivity contribution >= 4 is 5.91 Å². The molecule has 0 saturated heterocycles. The predicted molar refractivity (Wildman–Crippen MR) is 133 cm³/mol. The molecule has 2 nitrogen and oxygen atoms in total. The number of carbonyl (C=O) groups is 1. The second-order valence-corrected chi connectivity index (χ2v) is 11.6. The van der Waals surface area contributed by atoms with E-state index < -0.39 is 0 Å². The summed E-state index contributed by atoms with van der Waals surface area (Å²) in [6.45, 7) is 2.34. The minimum atomic E-state index is 0.357. The number of rotatable bonds is 5. The highest BCUT2D eigenvalue weighted by atomic mass is 16.1. The van der Waals surface area contributed by atoms with E-state index in [1.807, 2.05) is 0 Å². The van der Waals surface area contributed by atoms with E-state index in [2.05, 4.69) is 12.2 Å². The molecule has 3 saturated carbocycles. The summed E-state index contributed by atoms with van der Waals surface area (Å²) >= 11 is 0. The van der Waals surface area contributed by atoms with Crippen molar-refractivity contribution in [2.45, 2.75) is 154 Å². The number of amides is 1. The third-order valence-corrected chi connectivity index (χ3v) is 9.19. The van der Waals surface area contributed by atoms with Gasteiger partial charge in [0, 0.05) is 12.5 Å². The molecule has 31 heavy (non-hydrogen) atoms. The van der Waals surface area contributed by atoms with E-state index in [-0.39, 0.29) is 0 Å². The Morgan fingerprint density at radius 3 is 1.58 bits per heavy atom. The molecule has 0 aromatic carbocycles. The Balaban J connectivity index is 1.36. The van der Waals surface area contributed by atoms with Gasteiger partial charge in [0.1, 0.15) is 0 Å². The SMILES string of the molecule is CCC1CCCC(NC(=O)CC2CCCC(C3CCCCCCCC3)CCC2)CCC1. The molecule has 1 amide bonds. The molecule has 0 spiro atoms. The molecule has 0 aromatic heterocycles. The largest absolute Gasteiger partial charge is 0.353 e. The number of nitrogens with one attached hydrogen (secondary N) is 1. The van der Waals surface area contributed by atoms with E-state index in [4.69, 9.17) is 0 Å². The quantitative estimate of drug-likeness (QED) is 0.464. The van der Waals surface area contributed by atoms with Gasteiger partial charge in [0.25, 0.3) is 0 Å². The van der Waals surface area contributed by atoms with Crippen LogP contribution in [0.1, 0.15) is 148 Å². The fourth-order valence-corrected chi connectivity index (χ4v) is 7.13. The van der Waals surface area contributed by atoms with Crippen LogP contribution in [-0.4, -0.2) is 11.9 Å². The fourth-order valence-electron chi connectivity index (χ4n) is 7.13. The molecule has 3 rings (SSSR count). The van der Waals surface area contributed by atoms with Gasteiger partial charge >= 0.3 is 0 Å². The van der Waals surface area contributed by atoms with Gasteiger partial charge in [0.15, 0.2) is 0 Å². The smallest absolute Gasteiger partial charge is 0.220 e. The maximum absolute atomic E-state index is 12.8. The van der Waals surface area contributed by atoms with E-state index >= 15 is 0 Å². The molecular formula is C29H53NO. The minimum absolute atomic E-state index is 0.357. The molecule has 1 N–H and O–H groups in total. The molecule has 0 aromatic rings. The van der Waals surface area contributed by atoms with Crippen molar-refractivity contribution in [2.24, 2.45) is 23.7 Å². The number of hydrogen-bond donors (Lipinski definition) is 1. The summed E-state index contributed by atoms with van der Waals surface area (Å²) < 4.78 is 0. The predicted octanol–water partition coefficient (Wildman–Crippen LogP) is 8.58. The molecule has 2 heteroatoms. The van der Waals surface area contributed by atoms with Gasteiger partial charge in [-0.15, -0.1) is 0 Å². The summed E-state index contributed by atoms with van der Waals surface area (Å²) in [4.78, 5) is 12.8. The third-order valence-electron chi connectivity index (χ3n) is 9.19. The lowest BCUT2D eigenvalue weighted by atomic mass is 9.75. The van der Waals surface area contributed by atoms with E-state index in [0.29, 0.717) is 17.9 Å². The third kappa shape index (κ3) is 9.47. The molecular weight excluding hydrogens is 378 g/mol. The van der Waals surface area contributed by atoms with Gasteiger partial charge in [-0.2, -0.15) is 0 Å². The van der Waals surface area contributed by atoms with Crippen LogP contribution >= 0.6 is 0 Å². The monoisotopic (exact) mass is 431 g/mol. The van der Waals surface area contributed by atoms with E-state index in [9.17, 15) is 4.79 Å². The fraction of sp³-hybridized carbons (Fsp3) is 0.966. The van der Waals surface area contributed by atoms with Gasteiger partial charge in [-0.1, -0.05) is 116 Å². The first-order chi connectivity index (χ1) is 15.2. The summed E-state index contributed by atoms with van der Waals surface area (Å²) in [5.41, 5.74) is 0. The highest BCUT2D eigenvalue weighted by Crippen LogP contribution is 2.37. The summed E-state index contributed by atoms with van der Waals surface area (Å²) in [7, 11) is 0. The van der Waals surface area contributed by atoms with Gasteiger partial charge in [0.2, 0.25) is 5.91 Å². The first-order valence-electron chi connectivity index (χ1n) is 14.5. The van der Waals surface area contributed by atoms with Crippen LogP contribution in [0.25, 0.3) is 0 Å². The molecule has 0 radical (unpaired) electrons. The van der Waals surface area contributed by atoms with Gasteiger partial charge in [0.05, 0.1) is 0 Å². The highest BCUT2D eigenvalue weighted by Gasteiger charge is 2.25. The highest BCUT2D eigenvalue weighted by molar-refractivity contribution is 5.76. The van der Waals surface area contributed by atoms with Crippen LogP contribution in [0.15, 0.2) is 0 Å². The summed E-state index contributed by atoms with van der Waals surface area (Å²) in [5.74, 6) is 3.91. The second-order valence-electron chi connectivity index (χ2n) is 11.6. The Morgan fingerprint density at radius 2 is 1.03 bits per heavy atom. The Kier molecular flexibility index (Phi) is 11.8. The maximum Gasteiger partial charge on any atom is 0.220 e. The van der Waals surface area contributed by atoms with Crippen LogP contribution < -0.4 is 5.32 Å². The normalized spacial score (nSPS) is 32.9. The van der Waals surface area contributed by atoms with Crippen LogP contribution in [0, 0.1) is 23.7 Å². The average Bonchev–Trinajstić information content (AvgIpc) is 2.86. The molecule has 0 bridgehead atoms. The van der Waals surface area contributed by atoms with Crippen molar-refractivity contribution in [1.82, 2.24) is 5.32 Å². The van der Waals surface area contributed by atoms with Crippen molar-refractivity contribution in [1.29, 1.82) is 0 Å². The Bertz CT molecular complexity index is 459. The van der Waals surface area contributed by atoms with E-state index in [1.165, 1.54) is 135 Å². The van der Waals surface area contributed by atoms with Crippen molar-refractivity contribution < 1.29 is 4.79 Å². The molecule has 0 unspecified atom stereocenters. The number of carbonyl (C=O) groups excluding carboxylic acids is 1. The van der Waals surface area contributed by atoms with Gasteiger partial charge in [-0.25, -0.2) is 0 Å². The maximum atomic E-state index is 12.8. The molecule has 3 fully saturated rings. The lowest BCUT2D eigenvalue weighted by molar-refractivity contribution is -0.123. The topological polar surface area (TPSA) is 29.1 Å². The zero-order valence-corrected chi connectivity index (χ0v) is 20.9. The van der Waals surface area contributed by atoms with Gasteiger partial charge in [-0.3, -0.25) is 4.79 Å². The van der Waals surface area contributed by atoms with Crippen molar-refractivity contribution in [2.75, 3.05) is 0 Å². The minimum Gasteiger partial charge on any atom is -0.353 e. The first-order valence-corrected chi connectivity index (χ1v) is 14.5.